The Labute approximate surface area is 117 Å². The number of hydrogen-bond acceptors (Lipinski definition) is 0. The Morgan fingerprint density at radius 3 is 1.94 bits per heavy atom. The molecule has 0 saturated heterocycles. The van der Waals surface area contributed by atoms with Gasteiger partial charge in [0, 0.05) is 0 Å². The lowest BCUT2D eigenvalue weighted by Crippen LogP contribution is -2.10. The summed E-state index contributed by atoms with van der Waals surface area (Å²) >= 11 is 0. The standard InChI is InChI=1S/C13H23P.C4H10/c1-7-9-11-12(10-8-2)14(6)13(3,4)5;1-4(2)3/h8-11H,2,7H2,1,3-6H3;4H,1-3H3/b11-9-,12-10+;. The summed E-state index contributed by atoms with van der Waals surface area (Å²) in [7, 11) is -0.0995. The molecule has 0 aliphatic rings. The molecule has 0 nitrogen and oxygen atoms in total. The molecule has 1 heteroatoms. The third kappa shape index (κ3) is 12.1. The molecule has 0 amide bonds. The van der Waals surface area contributed by atoms with E-state index in [4.69, 9.17) is 0 Å². The van der Waals surface area contributed by atoms with E-state index in [2.05, 4.69) is 79.9 Å². The molecule has 18 heavy (non-hydrogen) atoms. The van der Waals surface area contributed by atoms with Crippen LogP contribution >= 0.6 is 7.92 Å². The summed E-state index contributed by atoms with van der Waals surface area (Å²) in [6.07, 6.45) is 9.60. The van der Waals surface area contributed by atoms with Gasteiger partial charge in [-0.1, -0.05) is 87.3 Å². The van der Waals surface area contributed by atoms with Gasteiger partial charge in [0.1, 0.15) is 0 Å². The topological polar surface area (TPSA) is 0 Å². The molecule has 0 spiro atoms. The third-order valence-electron chi connectivity index (χ3n) is 2.21. The Balaban J connectivity index is 0. The summed E-state index contributed by atoms with van der Waals surface area (Å²) in [4.78, 5) is 0. The maximum Gasteiger partial charge on any atom is -0.0142 e. The van der Waals surface area contributed by atoms with Gasteiger partial charge in [0.25, 0.3) is 0 Å². The minimum Gasteiger partial charge on any atom is -0.0990 e. The fourth-order valence-corrected chi connectivity index (χ4v) is 2.46. The zero-order chi connectivity index (χ0) is 14.8. The molecular formula is C17H33P. The van der Waals surface area contributed by atoms with Gasteiger partial charge < -0.3 is 0 Å². The molecule has 0 saturated carbocycles. The van der Waals surface area contributed by atoms with Crippen LogP contribution in [0.15, 0.2) is 36.2 Å². The Bertz CT molecular complexity index is 261. The van der Waals surface area contributed by atoms with Crippen molar-refractivity contribution in [1.82, 2.24) is 0 Å². The van der Waals surface area contributed by atoms with Crippen molar-refractivity contribution < 1.29 is 0 Å². The van der Waals surface area contributed by atoms with E-state index in [1.54, 1.807) is 0 Å². The Morgan fingerprint density at radius 2 is 1.67 bits per heavy atom. The van der Waals surface area contributed by atoms with Crippen molar-refractivity contribution in [2.45, 2.75) is 60.0 Å². The van der Waals surface area contributed by atoms with Crippen LogP contribution in [0.4, 0.5) is 0 Å². The third-order valence-corrected chi connectivity index (χ3v) is 5.29. The van der Waals surface area contributed by atoms with E-state index >= 15 is 0 Å². The predicted molar refractivity (Wildman–Crippen MR) is 90.8 cm³/mol. The average molecular weight is 268 g/mol. The minimum absolute atomic E-state index is 0.0995. The highest BCUT2D eigenvalue weighted by molar-refractivity contribution is 7.63. The van der Waals surface area contributed by atoms with E-state index in [1.165, 1.54) is 5.31 Å². The molecule has 0 aromatic rings. The summed E-state index contributed by atoms with van der Waals surface area (Å²) in [6, 6.07) is 0. The first-order valence-electron chi connectivity index (χ1n) is 6.89. The number of allylic oxidation sites excluding steroid dienone is 5. The number of rotatable bonds is 4. The van der Waals surface area contributed by atoms with E-state index in [1.807, 2.05) is 6.08 Å². The van der Waals surface area contributed by atoms with E-state index in [9.17, 15) is 0 Å². The summed E-state index contributed by atoms with van der Waals surface area (Å²) in [6.45, 7) is 21.7. The quantitative estimate of drug-likeness (QED) is 0.398. The smallest absolute Gasteiger partial charge is 0.0142 e. The molecule has 0 rings (SSSR count). The Hall–Kier alpha value is -0.350. The van der Waals surface area contributed by atoms with Crippen molar-refractivity contribution in [3.8, 4) is 0 Å². The van der Waals surface area contributed by atoms with Crippen LogP contribution in [0.25, 0.3) is 0 Å². The average Bonchev–Trinajstić information content (AvgIpc) is 2.21. The minimum atomic E-state index is -0.0995. The molecule has 0 aliphatic carbocycles. The first-order valence-corrected chi connectivity index (χ1v) is 8.68. The van der Waals surface area contributed by atoms with Gasteiger partial charge in [0.05, 0.1) is 0 Å². The molecule has 0 aromatic carbocycles. The molecular weight excluding hydrogens is 235 g/mol. The van der Waals surface area contributed by atoms with Crippen LogP contribution in [0, 0.1) is 5.92 Å². The van der Waals surface area contributed by atoms with Gasteiger partial charge in [-0.2, -0.15) is 0 Å². The van der Waals surface area contributed by atoms with Crippen molar-refractivity contribution in [1.29, 1.82) is 0 Å². The fourth-order valence-electron chi connectivity index (χ4n) is 1.03. The highest BCUT2D eigenvalue weighted by Crippen LogP contribution is 2.53. The van der Waals surface area contributed by atoms with E-state index in [-0.39, 0.29) is 7.92 Å². The van der Waals surface area contributed by atoms with Gasteiger partial charge in [-0.15, -0.1) is 0 Å². The number of hydrogen-bond donors (Lipinski definition) is 0. The Kier molecular flexibility index (Phi) is 11.7. The SMILES string of the molecule is C=C/C=C(\C=C/CC)P(C)C(C)(C)C.CC(C)C. The second kappa shape index (κ2) is 10.6. The monoisotopic (exact) mass is 268 g/mol. The fraction of sp³-hybridized carbons (Fsp3) is 0.647. The lowest BCUT2D eigenvalue weighted by molar-refractivity contribution is 0.737. The first-order chi connectivity index (χ1) is 8.16. The van der Waals surface area contributed by atoms with E-state index in [0.29, 0.717) is 5.16 Å². The largest absolute Gasteiger partial charge is 0.0990 e. The van der Waals surface area contributed by atoms with Crippen LogP contribution in [-0.4, -0.2) is 11.8 Å². The maximum absolute atomic E-state index is 3.77. The van der Waals surface area contributed by atoms with Crippen LogP contribution in [0.2, 0.25) is 0 Å². The molecule has 0 heterocycles. The molecule has 0 radical (unpaired) electrons. The molecule has 1 atom stereocenters. The van der Waals surface area contributed by atoms with Crippen molar-refractivity contribution in [3.05, 3.63) is 36.2 Å². The molecule has 106 valence electrons. The van der Waals surface area contributed by atoms with Crippen LogP contribution in [0.3, 0.4) is 0 Å². The second-order valence-corrected chi connectivity index (χ2v) is 9.08. The van der Waals surface area contributed by atoms with Crippen LogP contribution in [-0.2, 0) is 0 Å². The normalized spacial score (nSPS) is 14.4. The predicted octanol–water partition coefficient (Wildman–Crippen LogP) is 6.60. The van der Waals surface area contributed by atoms with Gasteiger partial charge in [-0.3, -0.25) is 0 Å². The molecule has 0 bridgehead atoms. The van der Waals surface area contributed by atoms with Crippen LogP contribution in [0.1, 0.15) is 54.9 Å². The molecule has 0 fully saturated rings. The lowest BCUT2D eigenvalue weighted by Gasteiger charge is -2.28. The highest BCUT2D eigenvalue weighted by atomic mass is 31.1. The summed E-state index contributed by atoms with van der Waals surface area (Å²) in [5.74, 6) is 0.833. The van der Waals surface area contributed by atoms with E-state index in [0.717, 1.165) is 12.3 Å². The molecule has 1 unspecified atom stereocenters. The van der Waals surface area contributed by atoms with Crippen LogP contribution in [0.5, 0.6) is 0 Å². The van der Waals surface area contributed by atoms with Crippen molar-refractivity contribution in [2.24, 2.45) is 5.92 Å². The summed E-state index contributed by atoms with van der Waals surface area (Å²) < 4.78 is 0. The molecule has 0 N–H and O–H groups in total. The van der Waals surface area contributed by atoms with Gasteiger partial charge >= 0.3 is 0 Å². The Morgan fingerprint density at radius 1 is 1.22 bits per heavy atom. The summed E-state index contributed by atoms with van der Waals surface area (Å²) in [5.41, 5.74) is 0. The maximum atomic E-state index is 3.77. The highest BCUT2D eigenvalue weighted by Gasteiger charge is 2.21. The van der Waals surface area contributed by atoms with Gasteiger partial charge in [0.2, 0.25) is 0 Å². The van der Waals surface area contributed by atoms with Gasteiger partial charge in [-0.25, -0.2) is 0 Å². The molecule has 0 aliphatic heterocycles. The van der Waals surface area contributed by atoms with Crippen molar-refractivity contribution in [2.75, 3.05) is 6.66 Å². The second-order valence-electron chi connectivity index (χ2n) is 6.10. The van der Waals surface area contributed by atoms with Gasteiger partial charge in [0.15, 0.2) is 0 Å². The van der Waals surface area contributed by atoms with Crippen molar-refractivity contribution in [3.63, 3.8) is 0 Å². The van der Waals surface area contributed by atoms with Crippen LogP contribution < -0.4 is 0 Å². The van der Waals surface area contributed by atoms with Gasteiger partial charge in [-0.05, 0) is 29.5 Å². The zero-order valence-electron chi connectivity index (χ0n) is 13.7. The van der Waals surface area contributed by atoms with Crippen molar-refractivity contribution >= 4 is 7.92 Å². The first kappa shape index (κ1) is 20.0. The lowest BCUT2D eigenvalue weighted by atomic mass is 10.3. The van der Waals surface area contributed by atoms with E-state index < -0.39 is 0 Å². The molecule has 0 aromatic heterocycles. The zero-order valence-corrected chi connectivity index (χ0v) is 14.6. The summed E-state index contributed by atoms with van der Waals surface area (Å²) in [5, 5.41) is 1.81.